The Morgan fingerprint density at radius 3 is 1.50 bits per heavy atom. The third kappa shape index (κ3) is 8.96. The molecule has 0 fully saturated rings. The summed E-state index contributed by atoms with van der Waals surface area (Å²) in [7, 11) is 0. The Bertz CT molecular complexity index is 66.1. The average Bonchev–Trinajstić information content (AvgIpc) is 1.79. The summed E-state index contributed by atoms with van der Waals surface area (Å²) in [5.74, 6) is 0. The molecule has 0 spiro atoms. The van der Waals surface area contributed by atoms with Crippen molar-refractivity contribution >= 4 is 26.3 Å². The van der Waals surface area contributed by atoms with E-state index in [2.05, 4.69) is 13.8 Å². The van der Waals surface area contributed by atoms with Crippen molar-refractivity contribution in [2.45, 2.75) is 36.6 Å². The summed E-state index contributed by atoms with van der Waals surface area (Å²) < 4.78 is 0. The molecule has 0 radical (unpaired) electrons. The van der Waals surface area contributed by atoms with Crippen molar-refractivity contribution in [3.05, 3.63) is 0 Å². The Morgan fingerprint density at radius 2 is 1.30 bits per heavy atom. The van der Waals surface area contributed by atoms with Crippen LogP contribution < -0.4 is 11.5 Å². The van der Waals surface area contributed by atoms with Crippen molar-refractivity contribution in [3.8, 4) is 0 Å². The van der Waals surface area contributed by atoms with Crippen molar-refractivity contribution < 1.29 is 0 Å². The molecule has 0 aromatic rings. The van der Waals surface area contributed by atoms with E-state index in [4.69, 9.17) is 11.5 Å². The van der Waals surface area contributed by atoms with Gasteiger partial charge < -0.3 is 0 Å². The summed E-state index contributed by atoms with van der Waals surface area (Å²) in [6.45, 7) is 4.15. The van der Waals surface area contributed by atoms with E-state index in [1.807, 2.05) is 0 Å². The van der Waals surface area contributed by atoms with Crippen molar-refractivity contribution in [3.63, 3.8) is 0 Å². The van der Waals surface area contributed by atoms with Crippen LogP contribution >= 0.6 is 0 Å². The van der Waals surface area contributed by atoms with Gasteiger partial charge in [-0.15, -0.1) is 0 Å². The van der Waals surface area contributed by atoms with Gasteiger partial charge >= 0.3 is 74.3 Å². The van der Waals surface area contributed by atoms with Crippen LogP contribution in [0.2, 0.25) is 10.6 Å². The maximum atomic E-state index is 5.60. The van der Waals surface area contributed by atoms with Gasteiger partial charge in [0.1, 0.15) is 0 Å². The monoisotopic (exact) mass is 276 g/mol. The van der Waals surface area contributed by atoms with E-state index < -0.39 is 0 Å². The van der Waals surface area contributed by atoms with Crippen LogP contribution in [-0.2, 0) is 0 Å². The quantitative estimate of drug-likeness (QED) is 0.541. The first-order chi connectivity index (χ1) is 4.63. The number of hydrogen-bond acceptors (Lipinski definition) is 2. The van der Waals surface area contributed by atoms with Gasteiger partial charge in [0.2, 0.25) is 0 Å². The van der Waals surface area contributed by atoms with E-state index in [1.54, 1.807) is 0 Å². The summed E-state index contributed by atoms with van der Waals surface area (Å²) in [6, 6.07) is 0.796. The van der Waals surface area contributed by atoms with Gasteiger partial charge in [0.25, 0.3) is 0 Å². The molecule has 0 bridgehead atoms. The van der Waals surface area contributed by atoms with Crippen LogP contribution in [0.5, 0.6) is 0 Å². The molecule has 2 atom stereocenters. The van der Waals surface area contributed by atoms with Gasteiger partial charge in [-0.25, -0.2) is 0 Å². The molecule has 2 unspecified atom stereocenters. The van der Waals surface area contributed by atoms with Crippen molar-refractivity contribution in [1.29, 1.82) is 0 Å². The van der Waals surface area contributed by atoms with Gasteiger partial charge in [0.05, 0.1) is 0 Å². The molecule has 4 N–H and O–H groups in total. The van der Waals surface area contributed by atoms with Gasteiger partial charge in [0.15, 0.2) is 0 Å². The van der Waals surface area contributed by atoms with Crippen LogP contribution in [0.25, 0.3) is 0 Å². The van der Waals surface area contributed by atoms with Crippen LogP contribution in [0, 0.1) is 0 Å². The first-order valence-corrected chi connectivity index (χ1v) is 10.1. The predicted octanol–water partition coefficient (Wildman–Crippen LogP) is -0.159. The van der Waals surface area contributed by atoms with Gasteiger partial charge in [-0.05, 0) is 0 Å². The summed E-state index contributed by atoms with van der Waals surface area (Å²) in [4.78, 5) is 0. The zero-order valence-electron chi connectivity index (χ0n) is 6.54. The van der Waals surface area contributed by atoms with Crippen LogP contribution in [0.3, 0.4) is 0 Å². The molecule has 0 heterocycles. The third-order valence-corrected chi connectivity index (χ3v) is 8.66. The van der Waals surface area contributed by atoms with E-state index in [-0.39, 0.29) is 0 Å². The molecule has 0 amide bonds. The Labute approximate surface area is 74.4 Å². The van der Waals surface area contributed by atoms with Crippen LogP contribution in [0.4, 0.5) is 0 Å². The maximum absolute atomic E-state index is 5.60. The van der Waals surface area contributed by atoms with Gasteiger partial charge in [0, 0.05) is 0 Å². The van der Waals surface area contributed by atoms with E-state index in [9.17, 15) is 0 Å². The van der Waals surface area contributed by atoms with Gasteiger partial charge in [-0.3, -0.25) is 0 Å². The Morgan fingerprint density at radius 1 is 1.00 bits per heavy atom. The normalized spacial score (nSPS) is 16.8. The van der Waals surface area contributed by atoms with Gasteiger partial charge in [-0.2, -0.15) is 0 Å². The van der Waals surface area contributed by atoms with Crippen LogP contribution in [-0.4, -0.2) is 38.3 Å². The summed E-state index contributed by atoms with van der Waals surface area (Å²) in [5.41, 5.74) is 11.2. The Hall–Kier alpha value is 0.959. The molecular formula is C6H16N2Se2. The minimum absolute atomic E-state index is 0.398. The number of nitrogens with two attached hydrogens (primary N) is 2. The van der Waals surface area contributed by atoms with E-state index >= 15 is 0 Å². The molecule has 2 nitrogen and oxygen atoms in total. The van der Waals surface area contributed by atoms with Gasteiger partial charge in [-0.1, -0.05) is 0 Å². The molecule has 0 saturated carbocycles. The molecular weight excluding hydrogens is 258 g/mol. The second kappa shape index (κ2) is 6.66. The van der Waals surface area contributed by atoms with Crippen molar-refractivity contribution in [2.24, 2.45) is 11.5 Å². The zero-order valence-corrected chi connectivity index (χ0v) is 9.97. The second-order valence-corrected chi connectivity index (χ2v) is 10.1. The summed E-state index contributed by atoms with van der Waals surface area (Å²) >= 11 is 1.57. The fourth-order valence-corrected chi connectivity index (χ4v) is 8.39. The standard InChI is InChI=1S/C6H16N2Se2/c1-5(7)3-9-10-4-6(2)8/h5-6H,3-4,7-8H2,1-2H3. The molecule has 4 heteroatoms. The molecule has 0 aliphatic carbocycles. The molecule has 62 valence electrons. The summed E-state index contributed by atoms with van der Waals surface area (Å²) in [5, 5.41) is 2.44. The minimum atomic E-state index is 0.398. The fourth-order valence-electron chi connectivity index (χ4n) is 0.311. The first kappa shape index (κ1) is 11.0. The van der Waals surface area contributed by atoms with Crippen LogP contribution in [0.1, 0.15) is 13.8 Å². The predicted molar refractivity (Wildman–Crippen MR) is 48.4 cm³/mol. The topological polar surface area (TPSA) is 52.0 Å². The molecule has 0 aliphatic heterocycles. The van der Waals surface area contributed by atoms with Crippen molar-refractivity contribution in [1.82, 2.24) is 0 Å². The Balaban J connectivity index is 2.91. The average molecular weight is 274 g/mol. The summed E-state index contributed by atoms with van der Waals surface area (Å²) in [6.07, 6.45) is 0. The number of rotatable bonds is 5. The zero-order chi connectivity index (χ0) is 7.98. The van der Waals surface area contributed by atoms with E-state index in [1.165, 1.54) is 10.6 Å². The van der Waals surface area contributed by atoms with E-state index in [0.717, 1.165) is 26.3 Å². The first-order valence-electron chi connectivity index (χ1n) is 3.38. The molecule has 10 heavy (non-hydrogen) atoms. The van der Waals surface area contributed by atoms with Crippen LogP contribution in [0.15, 0.2) is 0 Å². The third-order valence-electron chi connectivity index (χ3n) is 0.745. The molecule has 0 rings (SSSR count). The SMILES string of the molecule is CC(N)C[Se][Se]CC(C)N. The molecule has 0 aromatic carbocycles. The van der Waals surface area contributed by atoms with E-state index in [0.29, 0.717) is 12.1 Å². The second-order valence-electron chi connectivity index (χ2n) is 2.52. The molecule has 0 saturated heterocycles. The number of hydrogen-bond donors (Lipinski definition) is 2. The fraction of sp³-hybridized carbons (Fsp3) is 1.00. The molecule has 0 aliphatic rings. The van der Waals surface area contributed by atoms with Crippen molar-refractivity contribution in [2.75, 3.05) is 0 Å². The Kier molecular flexibility index (Phi) is 7.29. The molecule has 0 aromatic heterocycles.